The van der Waals surface area contributed by atoms with Crippen LogP contribution in [0.15, 0.2) is 0 Å². The average Bonchev–Trinajstić information content (AvgIpc) is 2.38. The lowest BCUT2D eigenvalue weighted by atomic mass is 10.2. The Bertz CT molecular complexity index is 141. The Hall–Kier alpha value is -0.900. The molecule has 0 unspecified atom stereocenters. The molecular weight excluding hydrogens is 132 g/mol. The maximum atomic E-state index is 10.8. The summed E-state index contributed by atoms with van der Waals surface area (Å²) in [6.07, 6.45) is 2.26. The lowest BCUT2D eigenvalue weighted by Gasteiger charge is -2.05. The number of imide groups is 1. The van der Waals surface area contributed by atoms with Crippen LogP contribution in [0, 0.1) is 0 Å². The number of rotatable bonds is 2. The number of carbonyl (C=O) groups excluding carboxylic acids is 2. The van der Waals surface area contributed by atoms with Crippen molar-refractivity contribution in [2.45, 2.75) is 18.9 Å². The van der Waals surface area contributed by atoms with E-state index in [0.717, 1.165) is 19.4 Å². The molecule has 0 aromatic carbocycles. The minimum atomic E-state index is -0.215. The third-order valence-corrected chi connectivity index (χ3v) is 1.58. The molecule has 1 aliphatic rings. The van der Waals surface area contributed by atoms with E-state index in [9.17, 15) is 9.59 Å². The van der Waals surface area contributed by atoms with Crippen molar-refractivity contribution in [1.82, 2.24) is 10.6 Å². The monoisotopic (exact) mass is 142 g/mol. The summed E-state index contributed by atoms with van der Waals surface area (Å²) >= 11 is 0. The highest BCUT2D eigenvalue weighted by Crippen LogP contribution is 2.03. The van der Waals surface area contributed by atoms with E-state index >= 15 is 0 Å². The number of hydrogen-bond acceptors (Lipinski definition) is 3. The first-order valence-electron chi connectivity index (χ1n) is 3.32. The molecule has 1 heterocycles. The van der Waals surface area contributed by atoms with Gasteiger partial charge in [-0.25, -0.2) is 0 Å². The highest BCUT2D eigenvalue weighted by Gasteiger charge is 2.20. The molecule has 0 aliphatic carbocycles. The van der Waals surface area contributed by atoms with Crippen LogP contribution < -0.4 is 10.6 Å². The Morgan fingerprint density at radius 1 is 1.70 bits per heavy atom. The summed E-state index contributed by atoms with van der Waals surface area (Å²) in [6, 6.07) is -0.148. The minimum absolute atomic E-state index is 0.148. The molecule has 2 amide bonds. The van der Waals surface area contributed by atoms with Crippen LogP contribution in [0.4, 0.5) is 0 Å². The smallest absolute Gasteiger partial charge is 0.243 e. The zero-order valence-electron chi connectivity index (χ0n) is 5.59. The highest BCUT2D eigenvalue weighted by molar-refractivity contribution is 5.90. The predicted octanol–water partition coefficient (Wildman–Crippen LogP) is -0.989. The second-order valence-corrected chi connectivity index (χ2v) is 2.28. The molecule has 56 valence electrons. The lowest BCUT2D eigenvalue weighted by Crippen LogP contribution is -2.39. The van der Waals surface area contributed by atoms with Gasteiger partial charge in [0.25, 0.3) is 0 Å². The first-order valence-corrected chi connectivity index (χ1v) is 3.32. The standard InChI is InChI=1S/C6H10N2O2/c9-4-8-6(10)5-2-1-3-7-5/h4-5,7H,1-3H2,(H,8,9,10)/t5-/m0/s1. The Morgan fingerprint density at radius 2 is 2.50 bits per heavy atom. The average molecular weight is 142 g/mol. The van der Waals surface area contributed by atoms with Crippen LogP contribution in [0.2, 0.25) is 0 Å². The van der Waals surface area contributed by atoms with E-state index in [1.54, 1.807) is 0 Å². The molecule has 1 aliphatic heterocycles. The molecule has 0 radical (unpaired) electrons. The van der Waals surface area contributed by atoms with E-state index in [4.69, 9.17) is 0 Å². The van der Waals surface area contributed by atoms with Crippen molar-refractivity contribution >= 4 is 12.3 Å². The second-order valence-electron chi connectivity index (χ2n) is 2.28. The third-order valence-electron chi connectivity index (χ3n) is 1.58. The molecule has 1 fully saturated rings. The molecule has 4 nitrogen and oxygen atoms in total. The van der Waals surface area contributed by atoms with E-state index in [0.29, 0.717) is 6.41 Å². The van der Waals surface area contributed by atoms with Crippen LogP contribution in [-0.2, 0) is 9.59 Å². The van der Waals surface area contributed by atoms with Gasteiger partial charge >= 0.3 is 0 Å². The van der Waals surface area contributed by atoms with Gasteiger partial charge in [-0.3, -0.25) is 14.9 Å². The second kappa shape index (κ2) is 3.31. The van der Waals surface area contributed by atoms with Gasteiger partial charge in [0.15, 0.2) is 0 Å². The maximum Gasteiger partial charge on any atom is 0.243 e. The van der Waals surface area contributed by atoms with Crippen LogP contribution in [-0.4, -0.2) is 24.9 Å². The molecule has 0 bridgehead atoms. The van der Waals surface area contributed by atoms with Gasteiger partial charge < -0.3 is 5.32 Å². The fraction of sp³-hybridized carbons (Fsp3) is 0.667. The van der Waals surface area contributed by atoms with E-state index in [1.165, 1.54) is 0 Å². The van der Waals surface area contributed by atoms with Crippen LogP contribution in [0.5, 0.6) is 0 Å². The Labute approximate surface area is 59.0 Å². The number of amides is 2. The van der Waals surface area contributed by atoms with E-state index in [1.807, 2.05) is 0 Å². The van der Waals surface area contributed by atoms with Gasteiger partial charge in [0.1, 0.15) is 0 Å². The fourth-order valence-electron chi connectivity index (χ4n) is 1.07. The van der Waals surface area contributed by atoms with Crippen molar-refractivity contribution in [2.75, 3.05) is 6.54 Å². The Balaban J connectivity index is 2.32. The SMILES string of the molecule is O=CNC(=O)[C@@H]1CCCN1. The highest BCUT2D eigenvalue weighted by atomic mass is 16.2. The van der Waals surface area contributed by atoms with Gasteiger partial charge in [0.05, 0.1) is 6.04 Å². The molecule has 0 aromatic heterocycles. The van der Waals surface area contributed by atoms with E-state index in [-0.39, 0.29) is 11.9 Å². The normalized spacial score (nSPS) is 24.2. The largest absolute Gasteiger partial charge is 0.306 e. The maximum absolute atomic E-state index is 10.8. The Kier molecular flexibility index (Phi) is 2.39. The van der Waals surface area contributed by atoms with E-state index in [2.05, 4.69) is 10.6 Å². The van der Waals surface area contributed by atoms with Gasteiger partial charge in [0.2, 0.25) is 12.3 Å². The third kappa shape index (κ3) is 1.54. The summed E-state index contributed by atoms with van der Waals surface area (Å²) in [4.78, 5) is 20.7. The van der Waals surface area contributed by atoms with Gasteiger partial charge in [-0.15, -0.1) is 0 Å². The van der Waals surface area contributed by atoms with E-state index < -0.39 is 0 Å². The van der Waals surface area contributed by atoms with Gasteiger partial charge in [-0.2, -0.15) is 0 Å². The summed E-state index contributed by atoms with van der Waals surface area (Å²) in [5.74, 6) is -0.215. The van der Waals surface area contributed by atoms with Crippen molar-refractivity contribution in [1.29, 1.82) is 0 Å². The lowest BCUT2D eigenvalue weighted by molar-refractivity contribution is -0.126. The molecule has 0 aromatic rings. The van der Waals surface area contributed by atoms with Gasteiger partial charge in [-0.05, 0) is 19.4 Å². The van der Waals surface area contributed by atoms with Crippen LogP contribution >= 0.6 is 0 Å². The zero-order chi connectivity index (χ0) is 7.40. The molecule has 0 spiro atoms. The molecule has 1 saturated heterocycles. The molecule has 0 saturated carbocycles. The van der Waals surface area contributed by atoms with Crippen LogP contribution in [0.3, 0.4) is 0 Å². The van der Waals surface area contributed by atoms with Crippen molar-refractivity contribution in [2.24, 2.45) is 0 Å². The summed E-state index contributed by atoms with van der Waals surface area (Å²) in [6.45, 7) is 0.872. The molecule has 2 N–H and O–H groups in total. The summed E-state index contributed by atoms with van der Waals surface area (Å²) in [5.41, 5.74) is 0. The Morgan fingerprint density at radius 3 is 3.00 bits per heavy atom. The number of nitrogens with one attached hydrogen (secondary N) is 2. The molecule has 10 heavy (non-hydrogen) atoms. The zero-order valence-corrected chi connectivity index (χ0v) is 5.59. The molecule has 1 atom stereocenters. The van der Waals surface area contributed by atoms with Gasteiger partial charge in [0, 0.05) is 0 Å². The first kappa shape index (κ1) is 7.21. The summed E-state index contributed by atoms with van der Waals surface area (Å²) in [5, 5.41) is 5.08. The quantitative estimate of drug-likeness (QED) is 0.487. The minimum Gasteiger partial charge on any atom is -0.306 e. The van der Waals surface area contributed by atoms with Crippen molar-refractivity contribution in [3.63, 3.8) is 0 Å². The first-order chi connectivity index (χ1) is 4.84. The number of hydrogen-bond donors (Lipinski definition) is 2. The topological polar surface area (TPSA) is 58.2 Å². The fourth-order valence-corrected chi connectivity index (χ4v) is 1.07. The summed E-state index contributed by atoms with van der Waals surface area (Å²) in [7, 11) is 0. The van der Waals surface area contributed by atoms with Gasteiger partial charge in [-0.1, -0.05) is 0 Å². The molecule has 4 heteroatoms. The van der Waals surface area contributed by atoms with Crippen LogP contribution in [0.25, 0.3) is 0 Å². The summed E-state index contributed by atoms with van der Waals surface area (Å²) < 4.78 is 0. The number of carbonyl (C=O) groups is 2. The predicted molar refractivity (Wildman–Crippen MR) is 35.2 cm³/mol. The molecule has 1 rings (SSSR count). The van der Waals surface area contributed by atoms with Crippen molar-refractivity contribution in [3.8, 4) is 0 Å². The molecular formula is C6H10N2O2. The van der Waals surface area contributed by atoms with Crippen molar-refractivity contribution < 1.29 is 9.59 Å². The van der Waals surface area contributed by atoms with Crippen LogP contribution in [0.1, 0.15) is 12.8 Å². The van der Waals surface area contributed by atoms with Crippen molar-refractivity contribution in [3.05, 3.63) is 0 Å².